The van der Waals surface area contributed by atoms with Crippen LogP contribution in [0.5, 0.6) is 0 Å². The van der Waals surface area contributed by atoms with Gasteiger partial charge in [0.2, 0.25) is 5.91 Å². The van der Waals surface area contributed by atoms with Gasteiger partial charge in [0, 0.05) is 18.3 Å². The van der Waals surface area contributed by atoms with Crippen molar-refractivity contribution in [3.05, 3.63) is 103 Å². The van der Waals surface area contributed by atoms with E-state index in [2.05, 4.69) is 33.0 Å². The van der Waals surface area contributed by atoms with Gasteiger partial charge in [0.25, 0.3) is 0 Å². The molecule has 0 bridgehead atoms. The minimum Gasteiger partial charge on any atom is -0.353 e. The van der Waals surface area contributed by atoms with Crippen molar-refractivity contribution in [2.75, 3.05) is 31.5 Å². The highest BCUT2D eigenvalue weighted by Crippen LogP contribution is 2.21. The molecule has 3 amide bonds. The van der Waals surface area contributed by atoms with Crippen LogP contribution in [-0.4, -0.2) is 49.1 Å². The molecule has 1 unspecified atom stereocenters. The maximum atomic E-state index is 12.8. The fourth-order valence-corrected chi connectivity index (χ4v) is 4.53. The van der Waals surface area contributed by atoms with E-state index in [-0.39, 0.29) is 18.0 Å². The van der Waals surface area contributed by atoms with Crippen molar-refractivity contribution in [3.63, 3.8) is 0 Å². The Morgan fingerprint density at radius 2 is 1.49 bits per heavy atom. The summed E-state index contributed by atoms with van der Waals surface area (Å²) in [4.78, 5) is 27.6. The first-order chi connectivity index (χ1) is 18.2. The largest absolute Gasteiger partial charge is 0.353 e. The topological polar surface area (TPSA) is 73.5 Å². The first-order valence-electron chi connectivity index (χ1n) is 13.1. The number of nitrogens with zero attached hydrogens (tertiary/aromatic N) is 1. The van der Waals surface area contributed by atoms with Crippen molar-refractivity contribution < 1.29 is 9.59 Å². The Balaban J connectivity index is 1.30. The molecular weight excluding hydrogens is 460 g/mol. The first-order valence-corrected chi connectivity index (χ1v) is 13.1. The predicted molar refractivity (Wildman–Crippen MR) is 150 cm³/mol. The molecule has 6 heteroatoms. The molecule has 6 nitrogen and oxygen atoms in total. The monoisotopic (exact) mass is 496 g/mol. The predicted octanol–water partition coefficient (Wildman–Crippen LogP) is 5.24. The van der Waals surface area contributed by atoms with E-state index in [0.717, 1.165) is 29.7 Å². The molecule has 1 atom stereocenters. The van der Waals surface area contributed by atoms with Crippen molar-refractivity contribution in [2.45, 2.75) is 31.7 Å². The highest BCUT2D eigenvalue weighted by atomic mass is 16.2. The summed E-state index contributed by atoms with van der Waals surface area (Å²) in [5.41, 5.74) is 4.00. The number of benzene rings is 3. The van der Waals surface area contributed by atoms with E-state index in [4.69, 9.17) is 0 Å². The fraction of sp³-hybridized carbons (Fsp3) is 0.290. The van der Waals surface area contributed by atoms with Gasteiger partial charge < -0.3 is 20.9 Å². The third-order valence-electron chi connectivity index (χ3n) is 6.49. The zero-order valence-corrected chi connectivity index (χ0v) is 21.2. The summed E-state index contributed by atoms with van der Waals surface area (Å²) < 4.78 is 0. The third-order valence-corrected chi connectivity index (χ3v) is 6.49. The molecule has 1 heterocycles. The fourth-order valence-electron chi connectivity index (χ4n) is 4.53. The molecule has 0 aromatic heterocycles. The highest BCUT2D eigenvalue weighted by molar-refractivity contribution is 5.90. The highest BCUT2D eigenvalue weighted by Gasteiger charge is 2.12. The van der Waals surface area contributed by atoms with Gasteiger partial charge in [-0.05, 0) is 74.1 Å². The lowest BCUT2D eigenvalue weighted by atomic mass is 10.1. The maximum absolute atomic E-state index is 12.8. The van der Waals surface area contributed by atoms with Crippen LogP contribution in [0.1, 0.15) is 24.8 Å². The summed E-state index contributed by atoms with van der Waals surface area (Å²) in [6.07, 6.45) is 7.37. The van der Waals surface area contributed by atoms with Crippen LogP contribution in [-0.2, 0) is 11.2 Å². The number of urea groups is 1. The second-order valence-electron chi connectivity index (χ2n) is 9.39. The molecule has 0 spiro atoms. The summed E-state index contributed by atoms with van der Waals surface area (Å²) in [5, 5.41) is 8.86. The number of likely N-dealkylation sites (tertiary alicyclic amines) is 1. The number of hydrogen-bond acceptors (Lipinski definition) is 3. The number of nitrogens with one attached hydrogen (secondary N) is 3. The lowest BCUT2D eigenvalue weighted by molar-refractivity contribution is -0.116. The number of hydrogen-bond donors (Lipinski definition) is 3. The van der Waals surface area contributed by atoms with Crippen molar-refractivity contribution in [2.24, 2.45) is 0 Å². The molecule has 3 N–H and O–H groups in total. The van der Waals surface area contributed by atoms with Crippen LogP contribution >= 0.6 is 0 Å². The van der Waals surface area contributed by atoms with Crippen LogP contribution in [0.25, 0.3) is 11.1 Å². The van der Waals surface area contributed by atoms with E-state index < -0.39 is 0 Å². The van der Waals surface area contributed by atoms with Crippen molar-refractivity contribution in [1.82, 2.24) is 15.5 Å². The molecule has 37 heavy (non-hydrogen) atoms. The molecule has 1 saturated heterocycles. The van der Waals surface area contributed by atoms with Gasteiger partial charge in [0.05, 0.1) is 6.04 Å². The van der Waals surface area contributed by atoms with Crippen molar-refractivity contribution in [3.8, 4) is 11.1 Å². The Kier molecular flexibility index (Phi) is 9.90. The van der Waals surface area contributed by atoms with Gasteiger partial charge in [-0.1, -0.05) is 78.9 Å². The summed E-state index contributed by atoms with van der Waals surface area (Å²) in [7, 11) is 0. The van der Waals surface area contributed by atoms with Crippen LogP contribution in [0.4, 0.5) is 10.5 Å². The number of carbonyl (C=O) groups excluding carboxylic acids is 2. The molecule has 0 aliphatic carbocycles. The molecule has 192 valence electrons. The van der Waals surface area contributed by atoms with Crippen molar-refractivity contribution >= 4 is 17.6 Å². The minimum absolute atomic E-state index is 0.141. The van der Waals surface area contributed by atoms with Crippen LogP contribution in [0.3, 0.4) is 0 Å². The van der Waals surface area contributed by atoms with E-state index in [1.165, 1.54) is 32.0 Å². The van der Waals surface area contributed by atoms with E-state index in [1.807, 2.05) is 72.8 Å². The average molecular weight is 497 g/mol. The van der Waals surface area contributed by atoms with Crippen LogP contribution in [0.2, 0.25) is 0 Å². The molecule has 0 radical (unpaired) electrons. The van der Waals surface area contributed by atoms with Gasteiger partial charge in [-0.15, -0.1) is 0 Å². The lowest BCUT2D eigenvalue weighted by Gasteiger charge is -2.16. The maximum Gasteiger partial charge on any atom is 0.319 e. The summed E-state index contributed by atoms with van der Waals surface area (Å²) in [6, 6.07) is 27.1. The van der Waals surface area contributed by atoms with Gasteiger partial charge >= 0.3 is 6.03 Å². The van der Waals surface area contributed by atoms with Crippen LogP contribution in [0, 0.1) is 0 Å². The molecule has 1 aliphatic rings. The lowest BCUT2D eigenvalue weighted by Crippen LogP contribution is -2.38. The van der Waals surface area contributed by atoms with E-state index in [0.29, 0.717) is 18.7 Å². The number of anilines is 1. The van der Waals surface area contributed by atoms with E-state index >= 15 is 0 Å². The zero-order chi connectivity index (χ0) is 25.7. The number of carbonyl (C=O) groups is 2. The second kappa shape index (κ2) is 14.0. The Bertz CT molecular complexity index is 1140. The quantitative estimate of drug-likeness (QED) is 0.251. The molecular formula is C31H36N4O2. The smallest absolute Gasteiger partial charge is 0.319 e. The van der Waals surface area contributed by atoms with Gasteiger partial charge in [-0.25, -0.2) is 4.79 Å². The normalized spacial score (nSPS) is 14.4. The minimum atomic E-state index is -0.332. The summed E-state index contributed by atoms with van der Waals surface area (Å²) in [6.45, 7) is 4.00. The third kappa shape index (κ3) is 8.92. The standard InChI is InChI=1S/C31H36N4O2/c36-30(32-20-9-23-35-21-7-8-22-35)19-18-29(24-25-10-3-1-4-11-25)34-31(37)33-28-16-14-27(15-17-28)26-12-5-2-6-13-26/h1-6,10-19,29H,7-9,20-24H2,(H,32,36)(H2,33,34,37)/b19-18+. The Morgan fingerprint density at radius 3 is 2.19 bits per heavy atom. The molecule has 0 saturated carbocycles. The summed E-state index contributed by atoms with van der Waals surface area (Å²) in [5.74, 6) is -0.141. The Hall–Kier alpha value is -3.90. The number of rotatable bonds is 11. The van der Waals surface area contributed by atoms with Gasteiger partial charge in [-0.2, -0.15) is 0 Å². The Labute approximate surface area is 219 Å². The summed E-state index contributed by atoms with van der Waals surface area (Å²) >= 11 is 0. The van der Waals surface area contributed by atoms with Gasteiger partial charge in [0.15, 0.2) is 0 Å². The molecule has 3 aromatic rings. The van der Waals surface area contributed by atoms with Gasteiger partial charge in [0.1, 0.15) is 0 Å². The molecule has 3 aromatic carbocycles. The van der Waals surface area contributed by atoms with Crippen LogP contribution < -0.4 is 16.0 Å². The van der Waals surface area contributed by atoms with Crippen molar-refractivity contribution in [1.29, 1.82) is 0 Å². The van der Waals surface area contributed by atoms with E-state index in [1.54, 1.807) is 6.08 Å². The first kappa shape index (κ1) is 26.2. The van der Waals surface area contributed by atoms with Crippen LogP contribution in [0.15, 0.2) is 97.1 Å². The second-order valence-corrected chi connectivity index (χ2v) is 9.39. The molecule has 4 rings (SSSR count). The van der Waals surface area contributed by atoms with Gasteiger partial charge in [-0.3, -0.25) is 4.79 Å². The van der Waals surface area contributed by atoms with E-state index in [9.17, 15) is 9.59 Å². The SMILES string of the molecule is O=C(/C=C/C(Cc1ccccc1)NC(=O)Nc1ccc(-c2ccccc2)cc1)NCCCN1CCCC1. The number of amides is 3. The molecule has 1 aliphatic heterocycles. The Morgan fingerprint density at radius 1 is 0.838 bits per heavy atom. The average Bonchev–Trinajstić information content (AvgIpc) is 3.45. The zero-order valence-electron chi connectivity index (χ0n) is 21.2. The molecule has 1 fully saturated rings.